The van der Waals surface area contributed by atoms with E-state index >= 15 is 0 Å². The molecule has 112 valence electrons. The second kappa shape index (κ2) is 6.54. The quantitative estimate of drug-likeness (QED) is 0.858. The third kappa shape index (κ3) is 3.69. The molecule has 0 atom stereocenters. The third-order valence-corrected chi connectivity index (χ3v) is 4.78. The SMILES string of the molecule is O=C(Cc1ccc(Br)cc1)Nc1ccc2c(c1)NC(=O)CS2. The van der Waals surface area contributed by atoms with Crippen LogP contribution in [-0.4, -0.2) is 17.6 Å². The van der Waals surface area contributed by atoms with Crippen molar-refractivity contribution >= 4 is 50.9 Å². The molecule has 0 saturated carbocycles. The topological polar surface area (TPSA) is 58.2 Å². The zero-order chi connectivity index (χ0) is 15.5. The molecule has 0 saturated heterocycles. The van der Waals surface area contributed by atoms with E-state index in [1.165, 1.54) is 11.8 Å². The number of nitrogens with one attached hydrogen (secondary N) is 2. The fourth-order valence-electron chi connectivity index (χ4n) is 2.15. The Hall–Kier alpha value is -1.79. The Morgan fingerprint density at radius 3 is 2.77 bits per heavy atom. The number of carbonyl (C=O) groups excluding carboxylic acids is 2. The van der Waals surface area contributed by atoms with Crippen molar-refractivity contribution in [1.82, 2.24) is 0 Å². The number of thioether (sulfide) groups is 1. The maximum Gasteiger partial charge on any atom is 0.234 e. The zero-order valence-electron chi connectivity index (χ0n) is 11.6. The van der Waals surface area contributed by atoms with Crippen molar-refractivity contribution in [3.05, 3.63) is 52.5 Å². The monoisotopic (exact) mass is 376 g/mol. The van der Waals surface area contributed by atoms with Gasteiger partial charge in [0.2, 0.25) is 11.8 Å². The minimum absolute atomic E-state index is 0.0177. The smallest absolute Gasteiger partial charge is 0.234 e. The van der Waals surface area contributed by atoms with Gasteiger partial charge in [0.25, 0.3) is 0 Å². The molecule has 3 rings (SSSR count). The van der Waals surface area contributed by atoms with Crippen LogP contribution in [0, 0.1) is 0 Å². The van der Waals surface area contributed by atoms with Gasteiger partial charge in [-0.25, -0.2) is 0 Å². The summed E-state index contributed by atoms with van der Waals surface area (Å²) in [5.41, 5.74) is 2.38. The highest BCUT2D eigenvalue weighted by atomic mass is 79.9. The van der Waals surface area contributed by atoms with Crippen molar-refractivity contribution in [3.8, 4) is 0 Å². The number of halogens is 1. The predicted molar refractivity (Wildman–Crippen MR) is 92.3 cm³/mol. The van der Waals surface area contributed by atoms with Gasteiger partial charge >= 0.3 is 0 Å². The molecule has 2 amide bonds. The lowest BCUT2D eigenvalue weighted by Crippen LogP contribution is -2.19. The summed E-state index contributed by atoms with van der Waals surface area (Å²) in [5, 5.41) is 5.67. The number of hydrogen-bond acceptors (Lipinski definition) is 3. The molecule has 0 unspecified atom stereocenters. The first kappa shape index (κ1) is 15.1. The van der Waals surface area contributed by atoms with Gasteiger partial charge in [-0.15, -0.1) is 11.8 Å². The molecule has 2 aromatic rings. The fraction of sp³-hybridized carbons (Fsp3) is 0.125. The summed E-state index contributed by atoms with van der Waals surface area (Å²) in [5.74, 6) is 0.329. The minimum Gasteiger partial charge on any atom is -0.326 e. The van der Waals surface area contributed by atoms with Crippen LogP contribution in [0.4, 0.5) is 11.4 Å². The molecule has 1 heterocycles. The van der Waals surface area contributed by atoms with Crippen LogP contribution in [0.25, 0.3) is 0 Å². The number of carbonyl (C=O) groups is 2. The van der Waals surface area contributed by atoms with Crippen LogP contribution in [0.3, 0.4) is 0 Å². The van der Waals surface area contributed by atoms with E-state index < -0.39 is 0 Å². The molecule has 0 radical (unpaired) electrons. The lowest BCUT2D eigenvalue weighted by molar-refractivity contribution is -0.115. The number of anilines is 2. The van der Waals surface area contributed by atoms with E-state index in [4.69, 9.17) is 0 Å². The number of fused-ring (bicyclic) bond motifs is 1. The van der Waals surface area contributed by atoms with Crippen molar-refractivity contribution in [3.63, 3.8) is 0 Å². The molecule has 0 aliphatic carbocycles. The van der Waals surface area contributed by atoms with Gasteiger partial charge in [-0.1, -0.05) is 28.1 Å². The largest absolute Gasteiger partial charge is 0.326 e. The highest BCUT2D eigenvalue weighted by Crippen LogP contribution is 2.33. The van der Waals surface area contributed by atoms with Crippen LogP contribution >= 0.6 is 27.7 Å². The molecule has 6 heteroatoms. The number of rotatable bonds is 3. The Balaban J connectivity index is 1.67. The molecule has 22 heavy (non-hydrogen) atoms. The van der Waals surface area contributed by atoms with E-state index in [1.807, 2.05) is 36.4 Å². The first-order valence-corrected chi connectivity index (χ1v) is 8.49. The van der Waals surface area contributed by atoms with E-state index in [0.717, 1.165) is 20.6 Å². The van der Waals surface area contributed by atoms with Gasteiger partial charge in [0, 0.05) is 15.1 Å². The molecular formula is C16H13BrN2O2S. The van der Waals surface area contributed by atoms with E-state index in [9.17, 15) is 9.59 Å². The first-order valence-electron chi connectivity index (χ1n) is 6.71. The van der Waals surface area contributed by atoms with E-state index in [1.54, 1.807) is 6.07 Å². The van der Waals surface area contributed by atoms with Crippen molar-refractivity contribution in [2.75, 3.05) is 16.4 Å². The summed E-state index contributed by atoms with van der Waals surface area (Å²) in [7, 11) is 0. The second-order valence-electron chi connectivity index (χ2n) is 4.90. The molecule has 1 aliphatic rings. The van der Waals surface area contributed by atoms with Crippen LogP contribution in [0.2, 0.25) is 0 Å². The third-order valence-electron chi connectivity index (χ3n) is 3.17. The lowest BCUT2D eigenvalue weighted by Gasteiger charge is -2.17. The molecule has 1 aliphatic heterocycles. The molecule has 4 nitrogen and oxygen atoms in total. The maximum absolute atomic E-state index is 12.1. The zero-order valence-corrected chi connectivity index (χ0v) is 14.0. The molecule has 0 fully saturated rings. The van der Waals surface area contributed by atoms with Gasteiger partial charge in [0.15, 0.2) is 0 Å². The van der Waals surface area contributed by atoms with Crippen molar-refractivity contribution in [2.24, 2.45) is 0 Å². The summed E-state index contributed by atoms with van der Waals surface area (Å²) >= 11 is 4.87. The number of benzene rings is 2. The van der Waals surface area contributed by atoms with Crippen LogP contribution in [0.5, 0.6) is 0 Å². The average Bonchev–Trinajstić information content (AvgIpc) is 2.49. The van der Waals surface area contributed by atoms with Crippen molar-refractivity contribution < 1.29 is 9.59 Å². The number of hydrogen-bond donors (Lipinski definition) is 2. The van der Waals surface area contributed by atoms with Crippen LogP contribution in [-0.2, 0) is 16.0 Å². The van der Waals surface area contributed by atoms with Gasteiger partial charge in [0.05, 0.1) is 17.9 Å². The molecule has 0 bridgehead atoms. The lowest BCUT2D eigenvalue weighted by atomic mass is 10.1. The molecule has 2 aromatic carbocycles. The summed E-state index contributed by atoms with van der Waals surface area (Å²) in [4.78, 5) is 24.5. The van der Waals surface area contributed by atoms with Crippen LogP contribution < -0.4 is 10.6 Å². The second-order valence-corrected chi connectivity index (χ2v) is 6.83. The minimum atomic E-state index is -0.0861. The van der Waals surface area contributed by atoms with Crippen LogP contribution in [0.1, 0.15) is 5.56 Å². The summed E-state index contributed by atoms with van der Waals surface area (Å²) in [6.07, 6.45) is 0.311. The fourth-order valence-corrected chi connectivity index (χ4v) is 3.21. The Kier molecular flexibility index (Phi) is 4.49. The van der Waals surface area contributed by atoms with Gasteiger partial charge in [-0.3, -0.25) is 9.59 Å². The summed E-state index contributed by atoms with van der Waals surface area (Å²) in [6.45, 7) is 0. The first-order chi connectivity index (χ1) is 10.6. The van der Waals surface area contributed by atoms with Gasteiger partial charge in [-0.05, 0) is 35.9 Å². The van der Waals surface area contributed by atoms with E-state index in [2.05, 4.69) is 26.6 Å². The van der Waals surface area contributed by atoms with Gasteiger partial charge < -0.3 is 10.6 Å². The maximum atomic E-state index is 12.1. The average molecular weight is 377 g/mol. The Morgan fingerprint density at radius 2 is 2.00 bits per heavy atom. The van der Waals surface area contributed by atoms with Crippen molar-refractivity contribution in [2.45, 2.75) is 11.3 Å². The summed E-state index contributed by atoms with van der Waals surface area (Å²) < 4.78 is 0.986. The van der Waals surface area contributed by atoms with Gasteiger partial charge in [0.1, 0.15) is 0 Å². The highest BCUT2D eigenvalue weighted by molar-refractivity contribution is 9.10. The standard InChI is InChI=1S/C16H13BrN2O2S/c17-11-3-1-10(2-4-11)7-15(20)18-12-5-6-14-13(8-12)19-16(21)9-22-14/h1-6,8H,7,9H2,(H,18,20)(H,19,21). The van der Waals surface area contributed by atoms with Crippen LogP contribution in [0.15, 0.2) is 51.8 Å². The predicted octanol–water partition coefficient (Wildman–Crippen LogP) is 3.67. The molecule has 2 N–H and O–H groups in total. The van der Waals surface area contributed by atoms with E-state index in [0.29, 0.717) is 17.9 Å². The highest BCUT2D eigenvalue weighted by Gasteiger charge is 2.16. The van der Waals surface area contributed by atoms with Gasteiger partial charge in [-0.2, -0.15) is 0 Å². The molecule has 0 spiro atoms. The molecular weight excluding hydrogens is 364 g/mol. The normalized spacial score (nSPS) is 13.2. The van der Waals surface area contributed by atoms with E-state index in [-0.39, 0.29) is 11.8 Å². The Labute approximate surface area is 140 Å². The molecule has 0 aromatic heterocycles. The summed E-state index contributed by atoms with van der Waals surface area (Å²) in [6, 6.07) is 13.2. The Morgan fingerprint density at radius 1 is 1.23 bits per heavy atom. The van der Waals surface area contributed by atoms with Crippen molar-refractivity contribution in [1.29, 1.82) is 0 Å². The number of amides is 2. The Bertz CT molecular complexity index is 731.